The van der Waals surface area contributed by atoms with Gasteiger partial charge in [0.15, 0.2) is 5.75 Å². The van der Waals surface area contributed by atoms with E-state index < -0.39 is 9.05 Å². The fraction of sp³-hybridized carbons (Fsp3) is 0.500. The van der Waals surface area contributed by atoms with Gasteiger partial charge in [-0.15, -0.1) is 0 Å². The summed E-state index contributed by atoms with van der Waals surface area (Å²) >= 11 is 0. The lowest BCUT2D eigenvalue weighted by Gasteiger charge is -1.71. The molecule has 2 nitrogen and oxygen atoms in total. The highest BCUT2D eigenvalue weighted by Gasteiger charge is 2.01. The Hall–Kier alpha value is 0.110. The van der Waals surface area contributed by atoms with Gasteiger partial charge in [-0.1, -0.05) is 0 Å². The molecule has 36 valence electrons. The monoisotopic (exact) mass is 127 g/mol. The molecule has 0 fully saturated rings. The van der Waals surface area contributed by atoms with Crippen LogP contribution in [-0.2, 0) is 9.05 Å². The Bertz CT molecular complexity index is 114. The summed E-state index contributed by atoms with van der Waals surface area (Å²) in [4.78, 5) is 0. The van der Waals surface area contributed by atoms with Gasteiger partial charge in [0.05, 0.1) is 6.92 Å². The van der Waals surface area contributed by atoms with Crippen molar-refractivity contribution in [2.24, 2.45) is 0 Å². The molecule has 0 unspecified atom stereocenters. The fourth-order valence-corrected chi connectivity index (χ4v) is 0. The highest BCUT2D eigenvalue weighted by Crippen LogP contribution is 1.91. The van der Waals surface area contributed by atoms with Crippen LogP contribution < -0.4 is 0 Å². The minimum atomic E-state index is -3.30. The van der Waals surface area contributed by atoms with Gasteiger partial charge in [-0.3, -0.25) is 0 Å². The normalized spacial score (nSPS) is 11.5. The summed E-state index contributed by atoms with van der Waals surface area (Å²) in [6.45, 7) is 3.04. The molecule has 6 heavy (non-hydrogen) atoms. The third kappa shape index (κ3) is 4.11. The van der Waals surface area contributed by atoms with Gasteiger partial charge in [-0.05, 0) is 0 Å². The largest absolute Gasteiger partial charge is 0.273 e. The van der Waals surface area contributed by atoms with Crippen molar-refractivity contribution in [2.45, 2.75) is 0 Å². The first-order valence-electron chi connectivity index (χ1n) is 1.28. The molecule has 0 aromatic heterocycles. The molecule has 0 aromatic carbocycles. The molecule has 0 radical (unpaired) electrons. The van der Waals surface area contributed by atoms with Gasteiger partial charge in [0.2, 0.25) is 0 Å². The number of hydrogen-bond donors (Lipinski definition) is 0. The lowest BCUT2D eigenvalue weighted by molar-refractivity contribution is 0.612. The van der Waals surface area contributed by atoms with Gasteiger partial charge in [0, 0.05) is 10.7 Å². The fourth-order valence-electron chi connectivity index (χ4n) is 0. The van der Waals surface area contributed by atoms with Gasteiger partial charge in [0.25, 0.3) is 9.05 Å². The van der Waals surface area contributed by atoms with E-state index in [9.17, 15) is 8.42 Å². The first kappa shape index (κ1) is 6.11. The summed E-state index contributed by atoms with van der Waals surface area (Å²) in [5, 5.41) is 0. The average molecular weight is 128 g/mol. The van der Waals surface area contributed by atoms with E-state index in [-0.39, 0.29) is 5.75 Å². The number of rotatable bonds is 1. The minimum absolute atomic E-state index is 0.242. The van der Waals surface area contributed by atoms with Crippen LogP contribution in [0.5, 0.6) is 0 Å². The molecule has 0 aromatic rings. The first-order chi connectivity index (χ1) is 2.56. The Kier molecular flexibility index (Phi) is 1.74. The minimum Gasteiger partial charge on any atom is -0.208 e. The van der Waals surface area contributed by atoms with Gasteiger partial charge in [-0.2, -0.15) is 0 Å². The van der Waals surface area contributed by atoms with Crippen LogP contribution in [0.3, 0.4) is 0 Å². The van der Waals surface area contributed by atoms with Crippen molar-refractivity contribution < 1.29 is 8.42 Å². The molecule has 0 atom stereocenters. The second-order valence-corrected chi connectivity index (χ2v) is 3.64. The second-order valence-electron chi connectivity index (χ2n) is 0.743. The van der Waals surface area contributed by atoms with E-state index >= 15 is 0 Å². The van der Waals surface area contributed by atoms with E-state index in [1.807, 2.05) is 0 Å². The third-order valence-electron chi connectivity index (χ3n) is 0.244. The molecule has 4 heteroatoms. The quantitative estimate of drug-likeness (QED) is 0.377. The Labute approximate surface area is 41.5 Å². The maximum absolute atomic E-state index is 9.70. The third-order valence-corrected chi connectivity index (χ3v) is 1.19. The van der Waals surface area contributed by atoms with Crippen molar-refractivity contribution in [3.05, 3.63) is 6.92 Å². The van der Waals surface area contributed by atoms with Crippen molar-refractivity contribution in [1.29, 1.82) is 0 Å². The summed E-state index contributed by atoms with van der Waals surface area (Å²) in [6, 6.07) is 0. The van der Waals surface area contributed by atoms with Crippen LogP contribution in [0.2, 0.25) is 0 Å². The molecule has 0 aliphatic rings. The zero-order valence-corrected chi connectivity index (χ0v) is 4.59. The summed E-state index contributed by atoms with van der Waals surface area (Å²) in [5.41, 5.74) is 0. The summed E-state index contributed by atoms with van der Waals surface area (Å²) < 4.78 is 19.4. The lowest BCUT2D eigenvalue weighted by atomic mass is 11.0. The van der Waals surface area contributed by atoms with E-state index in [4.69, 9.17) is 0 Å². The highest BCUT2D eigenvalue weighted by atomic mass is 35.7. The highest BCUT2D eigenvalue weighted by molar-refractivity contribution is 8.13. The summed E-state index contributed by atoms with van der Waals surface area (Å²) in [7, 11) is 1.33. The van der Waals surface area contributed by atoms with Gasteiger partial charge in [-0.25, -0.2) is 8.42 Å². The van der Waals surface area contributed by atoms with Crippen LogP contribution in [0, 0.1) is 6.92 Å². The topological polar surface area (TPSA) is 34.1 Å². The predicted molar refractivity (Wildman–Crippen MR) is 25.0 cm³/mol. The van der Waals surface area contributed by atoms with Crippen LogP contribution in [0.4, 0.5) is 0 Å². The average Bonchev–Trinajstić information content (AvgIpc) is 1.35. The van der Waals surface area contributed by atoms with Crippen LogP contribution in [0.15, 0.2) is 0 Å². The van der Waals surface area contributed by atoms with Gasteiger partial charge < -0.3 is 0 Å². The predicted octanol–water partition coefficient (Wildman–Crippen LogP) is 0.389. The molecule has 0 heterocycles. The molecule has 0 saturated heterocycles. The molecular formula is C2H4ClO2S+. The molecule has 0 spiro atoms. The summed E-state index contributed by atoms with van der Waals surface area (Å²) in [6.07, 6.45) is 0. The van der Waals surface area contributed by atoms with Crippen molar-refractivity contribution in [3.63, 3.8) is 0 Å². The van der Waals surface area contributed by atoms with E-state index in [1.54, 1.807) is 0 Å². The van der Waals surface area contributed by atoms with Crippen LogP contribution in [0.1, 0.15) is 0 Å². The number of halogens is 1. The Balaban J connectivity index is 3.85. The SMILES string of the molecule is [CH2+]CS(=O)(=O)Cl. The Morgan fingerprint density at radius 2 is 1.83 bits per heavy atom. The van der Waals surface area contributed by atoms with E-state index in [0.717, 1.165) is 0 Å². The van der Waals surface area contributed by atoms with E-state index in [1.165, 1.54) is 0 Å². The Morgan fingerprint density at radius 1 is 1.67 bits per heavy atom. The van der Waals surface area contributed by atoms with Crippen LogP contribution in [0.25, 0.3) is 0 Å². The van der Waals surface area contributed by atoms with Crippen molar-refractivity contribution in [3.8, 4) is 0 Å². The van der Waals surface area contributed by atoms with E-state index in [2.05, 4.69) is 17.6 Å². The molecule has 0 aliphatic carbocycles. The molecule has 0 amide bonds. The Morgan fingerprint density at radius 3 is 1.83 bits per heavy atom. The van der Waals surface area contributed by atoms with E-state index in [0.29, 0.717) is 0 Å². The van der Waals surface area contributed by atoms with Crippen LogP contribution in [-0.4, -0.2) is 14.2 Å². The lowest BCUT2D eigenvalue weighted by Crippen LogP contribution is -1.89. The van der Waals surface area contributed by atoms with Crippen molar-refractivity contribution >= 4 is 19.7 Å². The standard InChI is InChI=1S/C2H4ClO2S/c1-2-6(3,4)5/h1-2H2/q+1. The first-order valence-corrected chi connectivity index (χ1v) is 3.75. The second kappa shape index (κ2) is 1.71. The zero-order valence-electron chi connectivity index (χ0n) is 3.02. The summed E-state index contributed by atoms with van der Waals surface area (Å²) in [5.74, 6) is -0.242. The number of hydrogen-bond acceptors (Lipinski definition) is 2. The maximum atomic E-state index is 9.70. The molecular weight excluding hydrogens is 124 g/mol. The zero-order chi connectivity index (χ0) is 5.21. The van der Waals surface area contributed by atoms with Crippen molar-refractivity contribution in [1.82, 2.24) is 0 Å². The van der Waals surface area contributed by atoms with Gasteiger partial charge in [0.1, 0.15) is 0 Å². The van der Waals surface area contributed by atoms with Crippen molar-refractivity contribution in [2.75, 3.05) is 5.75 Å². The molecule has 0 aliphatic heterocycles. The smallest absolute Gasteiger partial charge is 0.208 e. The maximum Gasteiger partial charge on any atom is 0.273 e. The van der Waals surface area contributed by atoms with Gasteiger partial charge >= 0.3 is 0 Å². The molecule has 0 bridgehead atoms. The molecule has 0 rings (SSSR count). The van der Waals surface area contributed by atoms with Crippen LogP contribution >= 0.6 is 10.7 Å². The molecule has 0 N–H and O–H groups in total. The molecule has 0 saturated carbocycles.